The molecule has 5 aromatic carbocycles. The van der Waals surface area contributed by atoms with Gasteiger partial charge in [-0.05, 0) is 63.2 Å². The van der Waals surface area contributed by atoms with Gasteiger partial charge in [-0.15, -0.1) is 11.3 Å². The molecule has 13 nitrogen and oxygen atoms in total. The molecule has 17 heteroatoms. The van der Waals surface area contributed by atoms with Crippen LogP contribution in [0.25, 0.3) is 0 Å². The zero-order valence-electron chi connectivity index (χ0n) is 39.6. The van der Waals surface area contributed by atoms with Gasteiger partial charge in [0.2, 0.25) is 9.84 Å². The number of anilines is 1. The first kappa shape index (κ1) is 50.5. The van der Waals surface area contributed by atoms with E-state index >= 15 is 4.79 Å². The molecule has 4 fully saturated rings. The Balaban J connectivity index is 0.980. The second-order valence-electron chi connectivity index (χ2n) is 19.1. The number of hydrogen-bond acceptors (Lipinski definition) is 11. The second-order valence-corrected chi connectivity index (χ2v) is 25.1. The molecular formula is C55H55I2N6O7S2+. The Morgan fingerprint density at radius 1 is 0.847 bits per heavy atom. The van der Waals surface area contributed by atoms with Crippen LogP contribution in [0.3, 0.4) is 0 Å². The minimum Gasteiger partial charge on any atom is -0.450 e. The standard InChI is InChI=1S/C55H54I2N6O7S2/c1-63(32-18-19-33-63)36-53(56)37-72(67)50-46(49(65)62(50)55(53,57)51(66)69-47(38-21-7-2-8-22-38)39-23-9-3-10-24-39)59-48(64)45(61-70-44-31-17-20-34-68-44)43-35-71-52(58-43)60-54(40-25-11-4-12-26-40,41-27-13-5-14-28-41)42-29-15-6-16-30-42/h2-16,21-30,35,44,46-47,50H,17-20,31-34,36-37H2,1H3,(H-,58,59,60,64)/p+1/t44?,46?,50-,53?,55?,72?/m0/s1. The Morgan fingerprint density at radius 3 is 1.92 bits per heavy atom. The Morgan fingerprint density at radius 2 is 1.39 bits per heavy atom. The number of halogens is 2. The van der Waals surface area contributed by atoms with Gasteiger partial charge in [-0.1, -0.05) is 179 Å². The van der Waals surface area contributed by atoms with Crippen molar-refractivity contribution in [1.29, 1.82) is 0 Å². The van der Waals surface area contributed by atoms with E-state index in [0.29, 0.717) is 29.2 Å². The summed E-state index contributed by atoms with van der Waals surface area (Å²) >= 11 is 5.68. The number of quaternary nitrogens is 1. The molecule has 2 amide bonds. The summed E-state index contributed by atoms with van der Waals surface area (Å²) in [6.07, 6.45) is 2.89. The summed E-state index contributed by atoms with van der Waals surface area (Å²) < 4.78 is 25.3. The van der Waals surface area contributed by atoms with E-state index in [4.69, 9.17) is 19.3 Å². The molecule has 4 aliphatic heterocycles. The molecular weight excluding hydrogens is 1170 g/mol. The lowest BCUT2D eigenvalue weighted by molar-refractivity contribution is -0.899. The van der Waals surface area contributed by atoms with Crippen LogP contribution in [0.5, 0.6) is 0 Å². The zero-order chi connectivity index (χ0) is 49.9. The first-order chi connectivity index (χ1) is 34.9. The summed E-state index contributed by atoms with van der Waals surface area (Å²) in [6, 6.07) is 48.1. The predicted octanol–water partition coefficient (Wildman–Crippen LogP) is 9.09. The Hall–Kier alpha value is -5.06. The van der Waals surface area contributed by atoms with Crippen LogP contribution in [0, 0.1) is 0 Å². The number of rotatable bonds is 16. The molecule has 2 N–H and O–H groups in total. The van der Waals surface area contributed by atoms with Crippen molar-refractivity contribution < 1.29 is 37.4 Å². The van der Waals surface area contributed by atoms with Crippen molar-refractivity contribution in [3.05, 3.63) is 191 Å². The van der Waals surface area contributed by atoms with Crippen molar-refractivity contribution in [2.24, 2.45) is 5.16 Å². The van der Waals surface area contributed by atoms with E-state index in [0.717, 1.165) is 66.6 Å². The molecule has 0 aliphatic carbocycles. The summed E-state index contributed by atoms with van der Waals surface area (Å²) in [5, 5.41) is 12.2. The van der Waals surface area contributed by atoms with Crippen molar-refractivity contribution in [2.75, 3.05) is 44.4 Å². The van der Waals surface area contributed by atoms with E-state index in [1.165, 1.54) is 16.2 Å². The third-order valence-corrected chi connectivity index (χ3v) is 21.8. The van der Waals surface area contributed by atoms with Gasteiger partial charge in [-0.25, -0.2) is 9.78 Å². The van der Waals surface area contributed by atoms with Crippen LogP contribution in [0.2, 0.25) is 0 Å². The van der Waals surface area contributed by atoms with Crippen molar-refractivity contribution in [3.63, 3.8) is 0 Å². The van der Waals surface area contributed by atoms with Crippen LogP contribution in [0.15, 0.2) is 162 Å². The molecule has 0 saturated carbocycles. The quantitative estimate of drug-likeness (QED) is 0.0112. The van der Waals surface area contributed by atoms with Crippen LogP contribution >= 0.6 is 56.5 Å². The SMILES string of the molecule is C[N+]1(CC2(I)CS(=O)[C@H]3C(NC(=O)C(=NOC4CCCCO4)c4csc(NC(c5ccccc5)(c5ccccc5)c5ccccc5)n4)C(=O)N3C2(I)C(=O)OC(c2ccccc2)c2ccccc2)CCCC1. The maximum atomic E-state index is 15.4. The number of fused-ring (bicyclic) bond motifs is 1. The average molecular weight is 1230 g/mol. The van der Waals surface area contributed by atoms with Gasteiger partial charge in [0.15, 0.2) is 16.9 Å². The Bertz CT molecular complexity index is 2790. The van der Waals surface area contributed by atoms with E-state index < -0.39 is 64.9 Å². The maximum Gasteiger partial charge on any atom is 0.345 e. The number of benzene rings is 5. The van der Waals surface area contributed by atoms with E-state index in [1.54, 1.807) is 5.38 Å². The van der Waals surface area contributed by atoms with Gasteiger partial charge in [0, 0.05) is 41.2 Å². The van der Waals surface area contributed by atoms with Crippen LogP contribution in [-0.2, 0) is 45.0 Å². The van der Waals surface area contributed by atoms with Crippen molar-refractivity contribution >= 4 is 95.9 Å². The van der Waals surface area contributed by atoms with Gasteiger partial charge in [0.05, 0.1) is 33.3 Å². The van der Waals surface area contributed by atoms with Gasteiger partial charge in [-0.2, -0.15) is 0 Å². The minimum absolute atomic E-state index is 0.0811. The molecule has 6 aromatic rings. The zero-order valence-corrected chi connectivity index (χ0v) is 45.6. The fraction of sp³-hybridized carbons (Fsp3) is 0.327. The topological polar surface area (TPSA) is 149 Å². The van der Waals surface area contributed by atoms with Gasteiger partial charge < -0.3 is 29.4 Å². The van der Waals surface area contributed by atoms with Crippen LogP contribution in [0.1, 0.15) is 71.7 Å². The Labute approximate surface area is 453 Å². The third-order valence-electron chi connectivity index (χ3n) is 14.2. The molecule has 10 rings (SSSR count). The molecule has 1 aromatic heterocycles. The fourth-order valence-electron chi connectivity index (χ4n) is 10.6. The Kier molecular flexibility index (Phi) is 15.0. The van der Waals surface area contributed by atoms with Crippen LogP contribution in [-0.4, -0.2) is 106 Å². The van der Waals surface area contributed by atoms with Gasteiger partial charge >= 0.3 is 5.97 Å². The lowest BCUT2D eigenvalue weighted by Crippen LogP contribution is -2.86. The molecule has 6 atom stereocenters. The summed E-state index contributed by atoms with van der Waals surface area (Å²) in [5.41, 5.74) is 3.54. The van der Waals surface area contributed by atoms with E-state index in [2.05, 4.69) is 104 Å². The number of alkyl halides is 2. The van der Waals surface area contributed by atoms with Crippen LogP contribution in [0.4, 0.5) is 5.13 Å². The first-order valence-corrected chi connectivity index (χ1v) is 28.6. The summed E-state index contributed by atoms with van der Waals surface area (Å²) in [5.74, 6) is -1.85. The van der Waals surface area contributed by atoms with Crippen LogP contribution < -0.4 is 10.6 Å². The molecule has 372 valence electrons. The number of oxime groups is 1. The number of amides is 2. The molecule has 0 bridgehead atoms. The van der Waals surface area contributed by atoms with E-state index in [9.17, 15) is 13.8 Å². The predicted molar refractivity (Wildman–Crippen MR) is 296 cm³/mol. The summed E-state index contributed by atoms with van der Waals surface area (Å²) in [6.45, 7) is 2.74. The van der Waals surface area contributed by atoms with Crippen molar-refractivity contribution in [2.45, 2.75) is 68.4 Å². The number of ether oxygens (including phenoxy) is 2. The van der Waals surface area contributed by atoms with Gasteiger partial charge in [0.1, 0.15) is 26.1 Å². The number of esters is 1. The number of likely N-dealkylation sites (tertiary alicyclic amines) is 1. The first-order valence-electron chi connectivity index (χ1n) is 24.2. The highest BCUT2D eigenvalue weighted by Crippen LogP contribution is 2.55. The molecule has 5 unspecified atom stereocenters. The minimum atomic E-state index is -1.71. The molecule has 72 heavy (non-hydrogen) atoms. The molecule has 0 spiro atoms. The average Bonchev–Trinajstić information content (AvgIpc) is 4.07. The van der Waals surface area contributed by atoms with Crippen molar-refractivity contribution in [3.8, 4) is 0 Å². The third kappa shape index (κ3) is 9.76. The number of β-lactam (4-membered cyclic amide) rings is 1. The van der Waals surface area contributed by atoms with E-state index in [1.807, 2.05) is 115 Å². The second kappa shape index (κ2) is 21.4. The fourth-order valence-corrected chi connectivity index (χ4v) is 16.9. The lowest BCUT2D eigenvalue weighted by Gasteiger charge is -2.61. The van der Waals surface area contributed by atoms with E-state index in [-0.39, 0.29) is 17.2 Å². The highest BCUT2D eigenvalue weighted by atomic mass is 127. The maximum absolute atomic E-state index is 15.4. The summed E-state index contributed by atoms with van der Waals surface area (Å²) in [4.78, 5) is 57.6. The smallest absolute Gasteiger partial charge is 0.345 e. The molecule has 4 aliphatic rings. The number of carbonyl (C=O) groups is 3. The summed E-state index contributed by atoms with van der Waals surface area (Å²) in [7, 11) is 0.448. The highest BCUT2D eigenvalue weighted by molar-refractivity contribution is 14.1. The normalized spacial score (nSPS) is 25.0. The number of nitrogens with one attached hydrogen (secondary N) is 2. The molecule has 0 radical (unpaired) electrons. The largest absolute Gasteiger partial charge is 0.450 e. The number of thiazole rings is 1. The molecule has 4 saturated heterocycles. The number of hydrogen-bond donors (Lipinski definition) is 2. The number of nitrogens with zero attached hydrogens (tertiary/aromatic N) is 4. The number of carbonyl (C=O) groups excluding carboxylic acids is 3. The van der Waals surface area contributed by atoms with Gasteiger partial charge in [0.25, 0.3) is 11.8 Å². The number of aromatic nitrogens is 1. The highest BCUT2D eigenvalue weighted by Gasteiger charge is 2.74. The van der Waals surface area contributed by atoms with Gasteiger partial charge in [-0.3, -0.25) is 18.7 Å². The molecule has 5 heterocycles. The lowest BCUT2D eigenvalue weighted by atomic mass is 9.77. The monoisotopic (exact) mass is 1230 g/mol. The van der Waals surface area contributed by atoms with Crippen molar-refractivity contribution in [1.82, 2.24) is 15.2 Å².